The van der Waals surface area contributed by atoms with Crippen LogP contribution in [0.2, 0.25) is 0 Å². The van der Waals surface area contributed by atoms with Crippen LogP contribution in [0.4, 0.5) is 5.13 Å². The molecule has 0 aliphatic heterocycles. The van der Waals surface area contributed by atoms with Gasteiger partial charge in [-0.2, -0.15) is 4.37 Å². The number of aromatic nitrogens is 2. The lowest BCUT2D eigenvalue weighted by atomic mass is 10.3. The molecular weight excluding hydrogens is 242 g/mol. The van der Waals surface area contributed by atoms with Crippen LogP contribution in [0.5, 0.6) is 0 Å². The van der Waals surface area contributed by atoms with Crippen LogP contribution in [-0.2, 0) is 11.3 Å². The van der Waals surface area contributed by atoms with Gasteiger partial charge in [0.05, 0.1) is 6.04 Å². The minimum atomic E-state index is 0.267. The molecule has 16 heavy (non-hydrogen) atoms. The molecule has 0 amide bonds. The van der Waals surface area contributed by atoms with E-state index in [1.807, 2.05) is 0 Å². The van der Waals surface area contributed by atoms with E-state index in [0.717, 1.165) is 11.0 Å². The second kappa shape index (κ2) is 5.38. The average molecular weight is 255 g/mol. The Balaban J connectivity index is 1.98. The fourth-order valence-corrected chi connectivity index (χ4v) is 2.69. The Hall–Kier alpha value is -0.980. The fourth-order valence-electron chi connectivity index (χ4n) is 1.29. The van der Waals surface area contributed by atoms with Crippen molar-refractivity contribution in [3.8, 4) is 0 Å². The molecule has 0 bridgehead atoms. The first-order chi connectivity index (χ1) is 7.79. The third kappa shape index (κ3) is 2.78. The molecule has 1 N–H and O–H groups in total. The highest BCUT2D eigenvalue weighted by atomic mass is 32.1. The van der Waals surface area contributed by atoms with Gasteiger partial charge in [0.2, 0.25) is 5.13 Å². The zero-order valence-electron chi connectivity index (χ0n) is 9.14. The van der Waals surface area contributed by atoms with Gasteiger partial charge in [0.1, 0.15) is 6.61 Å². The van der Waals surface area contributed by atoms with Gasteiger partial charge in [0.25, 0.3) is 0 Å². The summed E-state index contributed by atoms with van der Waals surface area (Å²) in [5.41, 5.74) is 0. The highest BCUT2D eigenvalue weighted by Crippen LogP contribution is 2.23. The van der Waals surface area contributed by atoms with E-state index in [1.54, 1.807) is 18.4 Å². The predicted molar refractivity (Wildman–Crippen MR) is 67.0 cm³/mol. The van der Waals surface area contributed by atoms with Gasteiger partial charge < -0.3 is 10.1 Å². The lowest BCUT2D eigenvalue weighted by Crippen LogP contribution is -2.04. The van der Waals surface area contributed by atoms with E-state index in [9.17, 15) is 0 Å². The highest BCUT2D eigenvalue weighted by Gasteiger charge is 2.09. The summed E-state index contributed by atoms with van der Waals surface area (Å²) in [7, 11) is 1.64. The Morgan fingerprint density at radius 2 is 2.44 bits per heavy atom. The van der Waals surface area contributed by atoms with Crippen LogP contribution in [0.15, 0.2) is 17.5 Å². The van der Waals surface area contributed by atoms with Gasteiger partial charge in [-0.1, -0.05) is 6.07 Å². The van der Waals surface area contributed by atoms with Crippen molar-refractivity contribution in [2.75, 3.05) is 12.4 Å². The number of anilines is 1. The average Bonchev–Trinajstić information content (AvgIpc) is 2.89. The van der Waals surface area contributed by atoms with Gasteiger partial charge in [-0.05, 0) is 18.4 Å². The molecule has 6 heteroatoms. The molecular formula is C10H13N3OS2. The first-order valence-electron chi connectivity index (χ1n) is 4.91. The van der Waals surface area contributed by atoms with Crippen LogP contribution in [0.3, 0.4) is 0 Å². The van der Waals surface area contributed by atoms with Crippen LogP contribution in [0, 0.1) is 0 Å². The van der Waals surface area contributed by atoms with E-state index in [1.165, 1.54) is 16.4 Å². The standard InChI is InChI=1S/C10H13N3OS2/c1-7(8-4-3-5-15-8)11-10-12-9(6-14-2)13-16-10/h3-5,7H,6H2,1-2H3,(H,11,12,13). The molecule has 2 aromatic rings. The zero-order valence-corrected chi connectivity index (χ0v) is 10.8. The molecule has 0 spiro atoms. The summed E-state index contributed by atoms with van der Waals surface area (Å²) in [5.74, 6) is 0.730. The summed E-state index contributed by atoms with van der Waals surface area (Å²) in [6.45, 7) is 2.58. The lowest BCUT2D eigenvalue weighted by Gasteiger charge is -2.09. The van der Waals surface area contributed by atoms with E-state index in [0.29, 0.717) is 6.61 Å². The Bertz CT molecular complexity index is 427. The van der Waals surface area contributed by atoms with Crippen molar-refractivity contribution in [2.24, 2.45) is 0 Å². The fraction of sp³-hybridized carbons (Fsp3) is 0.400. The van der Waals surface area contributed by atoms with E-state index in [-0.39, 0.29) is 6.04 Å². The minimum absolute atomic E-state index is 0.267. The Labute approximate surface area is 102 Å². The summed E-state index contributed by atoms with van der Waals surface area (Å²) in [6, 6.07) is 4.43. The molecule has 2 heterocycles. The van der Waals surface area contributed by atoms with Crippen molar-refractivity contribution >= 4 is 28.0 Å². The summed E-state index contributed by atoms with van der Waals surface area (Å²) in [4.78, 5) is 5.62. The number of thiophene rings is 1. The van der Waals surface area contributed by atoms with Crippen LogP contribution >= 0.6 is 22.9 Å². The van der Waals surface area contributed by atoms with Crippen LogP contribution < -0.4 is 5.32 Å². The zero-order chi connectivity index (χ0) is 11.4. The topological polar surface area (TPSA) is 47.0 Å². The van der Waals surface area contributed by atoms with Crippen molar-refractivity contribution in [1.82, 2.24) is 9.36 Å². The van der Waals surface area contributed by atoms with E-state index >= 15 is 0 Å². The second-order valence-corrected chi connectivity index (χ2v) is 5.06. The molecule has 1 atom stereocenters. The molecule has 1 unspecified atom stereocenters. The molecule has 2 rings (SSSR count). The smallest absolute Gasteiger partial charge is 0.203 e. The molecule has 0 radical (unpaired) electrons. The second-order valence-electron chi connectivity index (χ2n) is 3.33. The van der Waals surface area contributed by atoms with Crippen molar-refractivity contribution in [2.45, 2.75) is 19.6 Å². The number of hydrogen-bond donors (Lipinski definition) is 1. The number of nitrogens with zero attached hydrogens (tertiary/aromatic N) is 2. The van der Waals surface area contributed by atoms with E-state index in [2.05, 4.69) is 39.1 Å². The third-order valence-corrected chi connectivity index (χ3v) is 3.79. The summed E-state index contributed by atoms with van der Waals surface area (Å²) in [5, 5.41) is 6.24. The van der Waals surface area contributed by atoms with Crippen molar-refractivity contribution in [3.05, 3.63) is 28.2 Å². The molecule has 2 aromatic heterocycles. The summed E-state index contributed by atoms with van der Waals surface area (Å²) < 4.78 is 9.16. The van der Waals surface area contributed by atoms with Crippen molar-refractivity contribution in [1.29, 1.82) is 0 Å². The first kappa shape index (κ1) is 11.5. The lowest BCUT2D eigenvalue weighted by molar-refractivity contribution is 0.179. The molecule has 0 saturated carbocycles. The number of methoxy groups -OCH3 is 1. The van der Waals surface area contributed by atoms with Gasteiger partial charge in [-0.25, -0.2) is 4.98 Å². The Morgan fingerprint density at radius 1 is 1.56 bits per heavy atom. The maximum atomic E-state index is 4.97. The number of rotatable bonds is 5. The Morgan fingerprint density at radius 3 is 3.12 bits per heavy atom. The van der Waals surface area contributed by atoms with Gasteiger partial charge >= 0.3 is 0 Å². The van der Waals surface area contributed by atoms with Gasteiger partial charge in [-0.15, -0.1) is 11.3 Å². The van der Waals surface area contributed by atoms with Crippen LogP contribution in [0.25, 0.3) is 0 Å². The molecule has 4 nitrogen and oxygen atoms in total. The largest absolute Gasteiger partial charge is 0.377 e. The third-order valence-electron chi connectivity index (χ3n) is 2.05. The molecule has 0 aromatic carbocycles. The van der Waals surface area contributed by atoms with Gasteiger partial charge in [0.15, 0.2) is 5.82 Å². The first-order valence-corrected chi connectivity index (χ1v) is 6.56. The molecule has 0 aliphatic carbocycles. The van der Waals surface area contributed by atoms with Gasteiger partial charge in [0, 0.05) is 23.5 Å². The normalized spacial score (nSPS) is 12.6. The molecule has 0 fully saturated rings. The SMILES string of the molecule is COCc1nsc(NC(C)c2cccs2)n1. The Kier molecular flexibility index (Phi) is 3.87. The van der Waals surface area contributed by atoms with E-state index in [4.69, 9.17) is 4.74 Å². The minimum Gasteiger partial charge on any atom is -0.377 e. The summed E-state index contributed by atoms with van der Waals surface area (Å²) >= 11 is 3.10. The monoisotopic (exact) mass is 255 g/mol. The predicted octanol–water partition coefficient (Wildman–Crippen LogP) is 2.92. The maximum absolute atomic E-state index is 4.97. The van der Waals surface area contributed by atoms with Crippen molar-refractivity contribution < 1.29 is 4.74 Å². The number of ether oxygens (including phenoxy) is 1. The number of hydrogen-bond acceptors (Lipinski definition) is 6. The molecule has 0 aliphatic rings. The quantitative estimate of drug-likeness (QED) is 0.892. The highest BCUT2D eigenvalue weighted by molar-refractivity contribution is 7.10. The molecule has 86 valence electrons. The number of nitrogens with one attached hydrogen (secondary N) is 1. The van der Waals surface area contributed by atoms with Gasteiger partial charge in [-0.3, -0.25) is 0 Å². The van der Waals surface area contributed by atoms with Crippen molar-refractivity contribution in [3.63, 3.8) is 0 Å². The maximum Gasteiger partial charge on any atom is 0.203 e. The van der Waals surface area contributed by atoms with E-state index < -0.39 is 0 Å². The molecule has 0 saturated heterocycles. The summed E-state index contributed by atoms with van der Waals surface area (Å²) in [6.07, 6.45) is 0. The van der Waals surface area contributed by atoms with Crippen LogP contribution in [0.1, 0.15) is 23.7 Å². The van der Waals surface area contributed by atoms with Crippen LogP contribution in [-0.4, -0.2) is 16.5 Å².